The quantitative estimate of drug-likeness (QED) is 0.129. The van der Waals surface area contributed by atoms with Crippen molar-refractivity contribution >= 4 is 44.6 Å². The first kappa shape index (κ1) is 39.9. The SMILES string of the molecule is CCCc1ccnc(-n2c3ccccc3c3ccc(Oc4cc(-c5ccno5)cc(N5CN(c6c(C(C)C)cc(-c7c(F)cccc7F)cc6C(C)C)c6ccccc65)c4)cc32)c1. The summed E-state index contributed by atoms with van der Waals surface area (Å²) in [5, 5.41) is 6.29. The lowest BCUT2D eigenvalue weighted by Crippen LogP contribution is -2.26. The molecule has 0 spiro atoms. The van der Waals surface area contributed by atoms with Gasteiger partial charge in [0.15, 0.2) is 5.76 Å². The van der Waals surface area contributed by atoms with E-state index in [0.717, 1.165) is 79.9 Å². The molecule has 3 aromatic heterocycles. The fourth-order valence-electron chi connectivity index (χ4n) is 9.15. The van der Waals surface area contributed by atoms with Crippen molar-refractivity contribution in [2.24, 2.45) is 0 Å². The van der Waals surface area contributed by atoms with Gasteiger partial charge in [0, 0.05) is 52.1 Å². The first-order valence-electron chi connectivity index (χ1n) is 21.7. The molecule has 0 radical (unpaired) electrons. The molecule has 0 unspecified atom stereocenters. The van der Waals surface area contributed by atoms with Crippen molar-refractivity contribution in [2.75, 3.05) is 16.5 Å². The number of hydrogen-bond acceptors (Lipinski definition) is 6. The molecular weight excluding hydrogens is 789 g/mol. The number of aromatic nitrogens is 3. The van der Waals surface area contributed by atoms with Crippen LogP contribution in [0.4, 0.5) is 31.5 Å². The number of rotatable bonds is 11. The van der Waals surface area contributed by atoms with Gasteiger partial charge in [0.25, 0.3) is 0 Å². The largest absolute Gasteiger partial charge is 0.457 e. The van der Waals surface area contributed by atoms with Crippen molar-refractivity contribution in [1.29, 1.82) is 0 Å². The van der Waals surface area contributed by atoms with Crippen molar-refractivity contribution in [2.45, 2.75) is 59.3 Å². The van der Waals surface area contributed by atoms with Crippen molar-refractivity contribution in [3.63, 3.8) is 0 Å². The summed E-state index contributed by atoms with van der Waals surface area (Å²) < 4.78 is 45.4. The first-order valence-corrected chi connectivity index (χ1v) is 21.7. The van der Waals surface area contributed by atoms with E-state index in [0.29, 0.717) is 29.5 Å². The normalized spacial score (nSPS) is 12.7. The van der Waals surface area contributed by atoms with Crippen LogP contribution in [0.2, 0.25) is 0 Å². The average Bonchev–Trinajstić information content (AvgIpc) is 4.03. The van der Waals surface area contributed by atoms with Gasteiger partial charge in [-0.15, -0.1) is 0 Å². The van der Waals surface area contributed by atoms with Crippen LogP contribution in [0.25, 0.3) is 50.1 Å². The monoisotopic (exact) mass is 835 g/mol. The summed E-state index contributed by atoms with van der Waals surface area (Å²) >= 11 is 0. The Kier molecular flexibility index (Phi) is 10.3. The molecule has 0 amide bonds. The highest BCUT2D eigenvalue weighted by Gasteiger charge is 2.33. The molecule has 10 rings (SSSR count). The molecule has 0 aliphatic carbocycles. The Hall–Kier alpha value is -7.26. The first-order chi connectivity index (χ1) is 30.7. The van der Waals surface area contributed by atoms with Gasteiger partial charge in [-0.3, -0.25) is 4.57 Å². The van der Waals surface area contributed by atoms with E-state index >= 15 is 8.78 Å². The van der Waals surface area contributed by atoms with Crippen LogP contribution in [0.1, 0.15) is 69.6 Å². The molecule has 0 saturated heterocycles. The molecule has 7 nitrogen and oxygen atoms in total. The second kappa shape index (κ2) is 16.2. The molecule has 314 valence electrons. The number of hydrogen-bond donors (Lipinski definition) is 0. The zero-order chi connectivity index (χ0) is 43.4. The zero-order valence-corrected chi connectivity index (χ0v) is 35.9. The minimum absolute atomic E-state index is 0.00785. The molecule has 9 heteroatoms. The van der Waals surface area contributed by atoms with Crippen LogP contribution in [0, 0.1) is 11.6 Å². The van der Waals surface area contributed by atoms with Gasteiger partial charge in [-0.1, -0.05) is 82.6 Å². The highest BCUT2D eigenvalue weighted by Crippen LogP contribution is 2.50. The minimum atomic E-state index is -0.578. The number of pyridine rings is 1. The molecule has 0 N–H and O–H groups in total. The lowest BCUT2D eigenvalue weighted by Gasteiger charge is -2.30. The third-order valence-corrected chi connectivity index (χ3v) is 12.1. The summed E-state index contributed by atoms with van der Waals surface area (Å²) in [5.74, 6) is 1.73. The van der Waals surface area contributed by atoms with E-state index < -0.39 is 11.6 Å². The van der Waals surface area contributed by atoms with Crippen molar-refractivity contribution in [1.82, 2.24) is 14.7 Å². The molecule has 63 heavy (non-hydrogen) atoms. The number of fused-ring (bicyclic) bond motifs is 4. The highest BCUT2D eigenvalue weighted by atomic mass is 19.1. The van der Waals surface area contributed by atoms with E-state index in [1.807, 2.05) is 48.7 Å². The summed E-state index contributed by atoms with van der Waals surface area (Å²) in [6.07, 6.45) is 5.56. The summed E-state index contributed by atoms with van der Waals surface area (Å²) in [6.45, 7) is 11.2. The van der Waals surface area contributed by atoms with Gasteiger partial charge >= 0.3 is 0 Å². The van der Waals surface area contributed by atoms with E-state index in [2.05, 4.69) is 127 Å². The highest BCUT2D eigenvalue weighted by molar-refractivity contribution is 6.09. The van der Waals surface area contributed by atoms with Crippen LogP contribution >= 0.6 is 0 Å². The fourth-order valence-corrected chi connectivity index (χ4v) is 9.15. The summed E-state index contributed by atoms with van der Waals surface area (Å²) in [7, 11) is 0. The van der Waals surface area contributed by atoms with Crippen LogP contribution in [0.3, 0.4) is 0 Å². The molecule has 4 heterocycles. The smallest absolute Gasteiger partial charge is 0.167 e. The van der Waals surface area contributed by atoms with E-state index in [4.69, 9.17) is 14.2 Å². The molecule has 9 aromatic rings. The summed E-state index contributed by atoms with van der Waals surface area (Å²) in [5.41, 5.74) is 10.6. The topological polar surface area (TPSA) is 59.6 Å². The third kappa shape index (κ3) is 7.17. The summed E-state index contributed by atoms with van der Waals surface area (Å²) in [4.78, 5) is 9.45. The summed E-state index contributed by atoms with van der Waals surface area (Å²) in [6, 6.07) is 43.2. The Labute approximate surface area is 365 Å². The van der Waals surface area contributed by atoms with Gasteiger partial charge < -0.3 is 19.1 Å². The van der Waals surface area contributed by atoms with Crippen molar-refractivity contribution < 1.29 is 18.0 Å². The predicted molar refractivity (Wildman–Crippen MR) is 250 cm³/mol. The van der Waals surface area contributed by atoms with Crippen LogP contribution in [-0.2, 0) is 6.42 Å². The van der Waals surface area contributed by atoms with Crippen LogP contribution < -0.4 is 14.5 Å². The van der Waals surface area contributed by atoms with Crippen LogP contribution in [0.5, 0.6) is 11.5 Å². The number of aryl methyl sites for hydroxylation is 1. The maximum atomic E-state index is 15.3. The molecule has 6 aromatic carbocycles. The van der Waals surface area contributed by atoms with Crippen molar-refractivity contribution in [3.8, 4) is 39.8 Å². The van der Waals surface area contributed by atoms with E-state index in [-0.39, 0.29) is 17.4 Å². The number of anilines is 4. The van der Waals surface area contributed by atoms with Gasteiger partial charge in [0.2, 0.25) is 0 Å². The van der Waals surface area contributed by atoms with Gasteiger partial charge in [-0.25, -0.2) is 13.8 Å². The molecule has 1 aliphatic rings. The van der Waals surface area contributed by atoms with Crippen molar-refractivity contribution in [3.05, 3.63) is 174 Å². The van der Waals surface area contributed by atoms with Crippen LogP contribution in [-0.4, -0.2) is 21.4 Å². The fraction of sp³-hybridized carbons (Fsp3) is 0.185. The Morgan fingerprint density at radius 3 is 2.08 bits per heavy atom. The molecular formula is C54H47F2N5O2. The molecule has 0 saturated carbocycles. The maximum Gasteiger partial charge on any atom is 0.167 e. The minimum Gasteiger partial charge on any atom is -0.457 e. The lowest BCUT2D eigenvalue weighted by molar-refractivity contribution is 0.431. The van der Waals surface area contributed by atoms with Gasteiger partial charge in [-0.2, -0.15) is 0 Å². The zero-order valence-electron chi connectivity index (χ0n) is 35.9. The Morgan fingerprint density at radius 2 is 1.37 bits per heavy atom. The third-order valence-electron chi connectivity index (χ3n) is 12.1. The number of ether oxygens (including phenoxy) is 1. The van der Waals surface area contributed by atoms with E-state index in [1.54, 1.807) is 6.20 Å². The van der Waals surface area contributed by atoms with Gasteiger partial charge in [0.1, 0.15) is 35.6 Å². The Morgan fingerprint density at radius 1 is 0.651 bits per heavy atom. The predicted octanol–water partition coefficient (Wildman–Crippen LogP) is 15.0. The second-order valence-corrected chi connectivity index (χ2v) is 16.9. The lowest BCUT2D eigenvalue weighted by atomic mass is 9.87. The number of halogens is 2. The molecule has 0 bridgehead atoms. The van der Waals surface area contributed by atoms with Crippen LogP contribution in [0.15, 0.2) is 150 Å². The van der Waals surface area contributed by atoms with E-state index in [9.17, 15) is 0 Å². The Bertz CT molecular complexity index is 3100. The maximum absolute atomic E-state index is 15.3. The molecule has 0 fully saturated rings. The number of para-hydroxylation sites is 3. The number of benzene rings is 6. The molecule has 0 atom stereocenters. The van der Waals surface area contributed by atoms with E-state index in [1.165, 1.54) is 23.8 Å². The van der Waals surface area contributed by atoms with Gasteiger partial charge in [-0.05, 0) is 119 Å². The average molecular weight is 836 g/mol. The Balaban J connectivity index is 1.08. The van der Waals surface area contributed by atoms with Gasteiger partial charge in [0.05, 0.1) is 34.2 Å². The molecule has 1 aliphatic heterocycles. The second-order valence-electron chi connectivity index (χ2n) is 16.9. The number of nitrogens with zero attached hydrogens (tertiary/aromatic N) is 5. The standard InChI is InChI=1S/C54H47F2N5O2/c1-6-12-35-21-23-57-52(25-35)61-47-16-8-7-13-41(47)42-20-19-39(31-50(42)61)62-40-27-36(51-22-24-58-63-51)26-38(30-40)59-32-60(49-18-10-9-17-48(49)59)54-43(33(2)3)28-37(29-44(54)34(4)5)53-45(55)14-11-15-46(53)56/h7-11,13-31,33-34H,6,12,32H2,1-5H3.